The van der Waals surface area contributed by atoms with Crippen molar-refractivity contribution in [2.45, 2.75) is 25.4 Å². The second-order valence-electron chi connectivity index (χ2n) is 5.12. The van der Waals surface area contributed by atoms with Crippen molar-refractivity contribution >= 4 is 27.5 Å². The Kier molecular flexibility index (Phi) is 2.87. The molecule has 1 saturated heterocycles. The van der Waals surface area contributed by atoms with Gasteiger partial charge in [0.1, 0.15) is 0 Å². The molecule has 3 unspecified atom stereocenters. The van der Waals surface area contributed by atoms with E-state index in [1.165, 1.54) is 5.79 Å². The third kappa shape index (κ3) is 2.27. The number of thiophene rings is 1. The van der Waals surface area contributed by atoms with E-state index in [0.717, 1.165) is 5.78 Å². The van der Waals surface area contributed by atoms with E-state index >= 15 is 0 Å². The minimum atomic E-state index is -0.862. The Balaban J connectivity index is 2.00. The molecule has 2 heterocycles. The molecule has 14 heavy (non-hydrogen) atoms. The lowest BCUT2D eigenvalue weighted by atomic mass is 10.5. The van der Waals surface area contributed by atoms with Crippen LogP contribution in [0, 0.1) is 0 Å². The van der Waals surface area contributed by atoms with Crippen molar-refractivity contribution in [2.24, 2.45) is 0 Å². The monoisotopic (exact) mass is 243 g/mol. The average molecular weight is 243 g/mol. The van der Waals surface area contributed by atoms with Crippen molar-refractivity contribution in [1.82, 2.24) is 4.67 Å². The van der Waals surface area contributed by atoms with Crippen molar-refractivity contribution in [3.8, 4) is 0 Å². The molecule has 4 heteroatoms. The summed E-state index contributed by atoms with van der Waals surface area (Å²) >= 11 is 1.92. The van der Waals surface area contributed by atoms with Crippen LogP contribution >= 0.6 is 19.4 Å². The SMILES string of the molecule is CN1C(c2cccs2)P1C[Si](C)(C)C. The highest BCUT2D eigenvalue weighted by Gasteiger charge is 2.47. The largest absolute Gasteiger partial charge is 0.270 e. The van der Waals surface area contributed by atoms with Crippen molar-refractivity contribution in [3.63, 3.8) is 0 Å². The Morgan fingerprint density at radius 1 is 1.50 bits per heavy atom. The van der Waals surface area contributed by atoms with Gasteiger partial charge >= 0.3 is 0 Å². The summed E-state index contributed by atoms with van der Waals surface area (Å²) in [6.07, 6.45) is 0. The first-order chi connectivity index (χ1) is 6.49. The predicted octanol–water partition coefficient (Wildman–Crippen LogP) is 3.97. The molecule has 1 aliphatic heterocycles. The molecule has 0 radical (unpaired) electrons. The maximum Gasteiger partial charge on any atom is 0.0807 e. The van der Waals surface area contributed by atoms with Gasteiger partial charge in [0.25, 0.3) is 0 Å². The van der Waals surface area contributed by atoms with Crippen molar-refractivity contribution < 1.29 is 0 Å². The molecule has 78 valence electrons. The molecule has 1 fully saturated rings. The quantitative estimate of drug-likeness (QED) is 0.441. The lowest BCUT2D eigenvalue weighted by Crippen LogP contribution is -2.23. The molecule has 0 aliphatic carbocycles. The van der Waals surface area contributed by atoms with Crippen LogP contribution in [0.1, 0.15) is 10.7 Å². The molecule has 1 aliphatic rings. The zero-order valence-electron chi connectivity index (χ0n) is 9.32. The first kappa shape index (κ1) is 10.8. The molecule has 1 nitrogen and oxygen atoms in total. The van der Waals surface area contributed by atoms with Gasteiger partial charge in [0.05, 0.1) is 13.9 Å². The Bertz CT molecular complexity index is 306. The van der Waals surface area contributed by atoms with Gasteiger partial charge in [-0.2, -0.15) is 0 Å². The number of hydrogen-bond acceptors (Lipinski definition) is 2. The zero-order valence-corrected chi connectivity index (χ0v) is 12.0. The number of hydrogen-bond donors (Lipinski definition) is 0. The van der Waals surface area contributed by atoms with Crippen LogP contribution < -0.4 is 0 Å². The summed E-state index contributed by atoms with van der Waals surface area (Å²) < 4.78 is 2.58. The van der Waals surface area contributed by atoms with Crippen LogP contribution in [0.25, 0.3) is 0 Å². The highest BCUT2D eigenvalue weighted by atomic mass is 32.1. The van der Waals surface area contributed by atoms with E-state index in [4.69, 9.17) is 0 Å². The third-order valence-corrected chi connectivity index (χ3v) is 10.6. The molecule has 1 aromatic heterocycles. The zero-order chi connectivity index (χ0) is 10.3. The van der Waals surface area contributed by atoms with Crippen LogP contribution in [0.2, 0.25) is 19.6 Å². The molecule has 0 spiro atoms. The molecular weight excluding hydrogens is 225 g/mol. The fourth-order valence-electron chi connectivity index (χ4n) is 1.75. The smallest absolute Gasteiger partial charge is 0.0807 e. The summed E-state index contributed by atoms with van der Waals surface area (Å²) in [6.45, 7) is 7.44. The average Bonchev–Trinajstić information content (AvgIpc) is 2.53. The lowest BCUT2D eigenvalue weighted by molar-refractivity contribution is 0.672. The highest BCUT2D eigenvalue weighted by Crippen LogP contribution is 2.74. The van der Waals surface area contributed by atoms with E-state index in [1.807, 2.05) is 11.3 Å². The van der Waals surface area contributed by atoms with Crippen molar-refractivity contribution in [2.75, 3.05) is 12.8 Å². The Hall–Kier alpha value is 0.307. The Labute approximate surface area is 93.0 Å². The number of nitrogens with zero attached hydrogens (tertiary/aromatic N) is 1. The Morgan fingerprint density at radius 2 is 2.21 bits per heavy atom. The maximum absolute atomic E-state index is 2.58. The van der Waals surface area contributed by atoms with Gasteiger partial charge in [-0.25, -0.2) is 0 Å². The predicted molar refractivity (Wildman–Crippen MR) is 70.0 cm³/mol. The summed E-state index contributed by atoms with van der Waals surface area (Å²) in [5.41, 5.74) is 0. The first-order valence-corrected chi connectivity index (χ1v) is 11.2. The van der Waals surface area contributed by atoms with E-state index in [2.05, 4.69) is 48.9 Å². The topological polar surface area (TPSA) is 3.01 Å². The molecule has 0 N–H and O–H groups in total. The maximum atomic E-state index is 2.58. The molecular formula is C10H18NPSSi. The fraction of sp³-hybridized carbons (Fsp3) is 0.600. The molecule has 0 bridgehead atoms. The van der Waals surface area contributed by atoms with E-state index in [-0.39, 0.29) is 8.07 Å². The normalized spacial score (nSPS) is 31.9. The molecule has 1 aromatic rings. The molecule has 0 aromatic carbocycles. The standard InChI is InChI=1S/C10H18NPSSi/c1-11-10(9-6-5-7-13-9)12(11)8-14(2,3)4/h5-7,10H,8H2,1-4H3. The van der Waals surface area contributed by atoms with Crippen LogP contribution in [0.3, 0.4) is 0 Å². The molecule has 3 atom stereocenters. The van der Waals surface area contributed by atoms with Gasteiger partial charge in [0.15, 0.2) is 0 Å². The van der Waals surface area contributed by atoms with Gasteiger partial charge in [-0.05, 0) is 32.4 Å². The van der Waals surface area contributed by atoms with Crippen LogP contribution in [0.15, 0.2) is 17.5 Å². The van der Waals surface area contributed by atoms with Gasteiger partial charge in [-0.15, -0.1) is 11.3 Å². The van der Waals surface area contributed by atoms with Crippen LogP contribution in [0.4, 0.5) is 0 Å². The first-order valence-electron chi connectivity index (χ1n) is 5.02. The summed E-state index contributed by atoms with van der Waals surface area (Å²) in [6, 6.07) is 4.46. The van der Waals surface area contributed by atoms with Crippen LogP contribution in [-0.2, 0) is 0 Å². The summed E-state index contributed by atoms with van der Waals surface area (Å²) in [7, 11) is 1.62. The minimum absolute atomic E-state index is 0.192. The summed E-state index contributed by atoms with van der Waals surface area (Å²) in [5, 5.41) is 2.20. The molecule has 0 amide bonds. The summed E-state index contributed by atoms with van der Waals surface area (Å²) in [5.74, 6) is 2.30. The third-order valence-electron chi connectivity index (χ3n) is 2.42. The van der Waals surface area contributed by atoms with E-state index in [0.29, 0.717) is 0 Å². The van der Waals surface area contributed by atoms with Gasteiger partial charge in [-0.1, -0.05) is 25.7 Å². The second kappa shape index (κ2) is 3.71. The van der Waals surface area contributed by atoms with E-state index < -0.39 is 8.07 Å². The lowest BCUT2D eigenvalue weighted by Gasteiger charge is -2.14. The molecule has 0 saturated carbocycles. The van der Waals surface area contributed by atoms with Crippen LogP contribution in [0.5, 0.6) is 0 Å². The second-order valence-corrected chi connectivity index (χ2v) is 14.5. The van der Waals surface area contributed by atoms with Crippen LogP contribution in [-0.4, -0.2) is 25.6 Å². The van der Waals surface area contributed by atoms with E-state index in [9.17, 15) is 0 Å². The summed E-state index contributed by atoms with van der Waals surface area (Å²) in [4.78, 5) is 1.58. The van der Waals surface area contributed by atoms with Crippen molar-refractivity contribution in [1.29, 1.82) is 0 Å². The highest BCUT2D eigenvalue weighted by molar-refractivity contribution is 7.65. The van der Waals surface area contributed by atoms with E-state index in [1.54, 1.807) is 4.88 Å². The molecule has 2 rings (SSSR count). The Morgan fingerprint density at radius 3 is 2.71 bits per heavy atom. The van der Waals surface area contributed by atoms with Gasteiger partial charge in [0.2, 0.25) is 0 Å². The minimum Gasteiger partial charge on any atom is -0.270 e. The number of rotatable bonds is 3. The van der Waals surface area contributed by atoms with Gasteiger partial charge in [-0.3, -0.25) is 4.67 Å². The van der Waals surface area contributed by atoms with Gasteiger partial charge < -0.3 is 0 Å². The van der Waals surface area contributed by atoms with Crippen molar-refractivity contribution in [3.05, 3.63) is 22.4 Å². The van der Waals surface area contributed by atoms with Gasteiger partial charge in [0, 0.05) is 4.88 Å². The fourth-order valence-corrected chi connectivity index (χ4v) is 9.93.